The van der Waals surface area contributed by atoms with Gasteiger partial charge < -0.3 is 9.32 Å². The summed E-state index contributed by atoms with van der Waals surface area (Å²) in [4.78, 5) is 12.6. The molecule has 0 unspecified atom stereocenters. The maximum Gasteiger partial charge on any atom is 0.236 e. The highest BCUT2D eigenvalue weighted by Gasteiger charge is 2.09. The van der Waals surface area contributed by atoms with E-state index in [0.29, 0.717) is 12.3 Å². The summed E-state index contributed by atoms with van der Waals surface area (Å²) < 4.78 is 5.06. The molecule has 0 spiro atoms. The SMILES string of the molecule is CN(Cc1ccco1)C(=O)CC#N. The molecule has 0 saturated heterocycles. The van der Waals surface area contributed by atoms with Crippen LogP contribution in [0, 0.1) is 11.3 Å². The molecule has 0 atom stereocenters. The number of hydrogen-bond donors (Lipinski definition) is 0. The van der Waals surface area contributed by atoms with Crippen molar-refractivity contribution < 1.29 is 9.21 Å². The summed E-state index contributed by atoms with van der Waals surface area (Å²) >= 11 is 0. The summed E-state index contributed by atoms with van der Waals surface area (Å²) in [5.74, 6) is 0.521. The fourth-order valence-electron chi connectivity index (χ4n) is 0.927. The molecule has 13 heavy (non-hydrogen) atoms. The minimum Gasteiger partial charge on any atom is -0.467 e. The summed E-state index contributed by atoms with van der Waals surface area (Å²) in [6, 6.07) is 5.36. The molecule has 0 fully saturated rings. The summed E-state index contributed by atoms with van der Waals surface area (Å²) in [6.07, 6.45) is 1.47. The lowest BCUT2D eigenvalue weighted by atomic mass is 10.3. The smallest absolute Gasteiger partial charge is 0.236 e. The molecule has 0 aliphatic rings. The van der Waals surface area contributed by atoms with Crippen LogP contribution in [-0.4, -0.2) is 17.9 Å². The van der Waals surface area contributed by atoms with Gasteiger partial charge in [0.15, 0.2) is 0 Å². The number of rotatable bonds is 3. The molecule has 0 radical (unpaired) electrons. The third-order valence-electron chi connectivity index (χ3n) is 1.63. The van der Waals surface area contributed by atoms with E-state index in [9.17, 15) is 4.79 Å². The van der Waals surface area contributed by atoms with Crippen LogP contribution in [0.1, 0.15) is 12.2 Å². The third kappa shape index (κ3) is 2.64. The first kappa shape index (κ1) is 9.33. The Hall–Kier alpha value is -1.76. The van der Waals surface area contributed by atoms with Crippen LogP contribution in [0.4, 0.5) is 0 Å². The van der Waals surface area contributed by atoms with Crippen LogP contribution in [0.15, 0.2) is 22.8 Å². The van der Waals surface area contributed by atoms with E-state index in [1.807, 2.05) is 0 Å². The van der Waals surface area contributed by atoms with Crippen molar-refractivity contribution in [1.82, 2.24) is 4.90 Å². The van der Waals surface area contributed by atoms with Crippen LogP contribution in [-0.2, 0) is 11.3 Å². The van der Waals surface area contributed by atoms with Crippen molar-refractivity contribution in [3.05, 3.63) is 24.2 Å². The van der Waals surface area contributed by atoms with Crippen molar-refractivity contribution in [2.75, 3.05) is 7.05 Å². The van der Waals surface area contributed by atoms with Crippen molar-refractivity contribution in [3.63, 3.8) is 0 Å². The first-order valence-electron chi connectivity index (χ1n) is 3.87. The Bertz CT molecular complexity index is 311. The van der Waals surface area contributed by atoms with Gasteiger partial charge in [0.25, 0.3) is 0 Å². The number of furan rings is 1. The van der Waals surface area contributed by atoms with Gasteiger partial charge in [0.05, 0.1) is 18.9 Å². The van der Waals surface area contributed by atoms with Crippen LogP contribution in [0.2, 0.25) is 0 Å². The lowest BCUT2D eigenvalue weighted by Crippen LogP contribution is -2.25. The van der Waals surface area contributed by atoms with E-state index in [2.05, 4.69) is 0 Å². The molecule has 68 valence electrons. The fourth-order valence-corrected chi connectivity index (χ4v) is 0.927. The minimum atomic E-state index is -0.195. The molecule has 0 aromatic carbocycles. The maximum atomic E-state index is 11.1. The number of nitriles is 1. The molecule has 1 aromatic heterocycles. The molecular weight excluding hydrogens is 168 g/mol. The van der Waals surface area contributed by atoms with Crippen LogP contribution in [0.3, 0.4) is 0 Å². The largest absolute Gasteiger partial charge is 0.467 e. The van der Waals surface area contributed by atoms with Crippen LogP contribution < -0.4 is 0 Å². The van der Waals surface area contributed by atoms with E-state index in [-0.39, 0.29) is 12.3 Å². The van der Waals surface area contributed by atoms with Crippen LogP contribution >= 0.6 is 0 Å². The zero-order valence-corrected chi connectivity index (χ0v) is 7.36. The molecule has 0 aliphatic heterocycles. The predicted octanol–water partition coefficient (Wildman–Crippen LogP) is 1.15. The number of amides is 1. The van der Waals surface area contributed by atoms with Crippen molar-refractivity contribution in [1.29, 1.82) is 5.26 Å². The number of carbonyl (C=O) groups is 1. The highest BCUT2D eigenvalue weighted by Crippen LogP contribution is 2.04. The Morgan fingerprint density at radius 1 is 1.77 bits per heavy atom. The van der Waals surface area contributed by atoms with Crippen molar-refractivity contribution in [2.24, 2.45) is 0 Å². The van der Waals surface area contributed by atoms with E-state index in [4.69, 9.17) is 9.68 Å². The van der Waals surface area contributed by atoms with Gasteiger partial charge >= 0.3 is 0 Å². The summed E-state index contributed by atoms with van der Waals surface area (Å²) in [5.41, 5.74) is 0. The second-order valence-corrected chi connectivity index (χ2v) is 2.66. The van der Waals surface area contributed by atoms with E-state index in [1.54, 1.807) is 31.5 Å². The lowest BCUT2D eigenvalue weighted by molar-refractivity contribution is -0.129. The Labute approximate surface area is 76.4 Å². The van der Waals surface area contributed by atoms with Gasteiger partial charge in [0.2, 0.25) is 5.91 Å². The first-order chi connectivity index (χ1) is 6.24. The number of nitrogens with zero attached hydrogens (tertiary/aromatic N) is 2. The van der Waals surface area contributed by atoms with Gasteiger partial charge in [-0.05, 0) is 12.1 Å². The highest BCUT2D eigenvalue weighted by molar-refractivity contribution is 5.77. The van der Waals surface area contributed by atoms with E-state index in [1.165, 1.54) is 4.90 Å². The molecule has 1 rings (SSSR count). The van der Waals surface area contributed by atoms with Crippen LogP contribution in [0.25, 0.3) is 0 Å². The lowest BCUT2D eigenvalue weighted by Gasteiger charge is -2.13. The Morgan fingerprint density at radius 3 is 3.08 bits per heavy atom. The highest BCUT2D eigenvalue weighted by atomic mass is 16.3. The molecule has 4 heteroatoms. The second kappa shape index (κ2) is 4.31. The van der Waals surface area contributed by atoms with E-state index < -0.39 is 0 Å². The first-order valence-corrected chi connectivity index (χ1v) is 3.87. The molecule has 0 saturated carbocycles. The van der Waals surface area contributed by atoms with E-state index in [0.717, 1.165) is 0 Å². The standard InChI is InChI=1S/C9H10N2O2/c1-11(9(12)4-5-10)7-8-3-2-6-13-8/h2-3,6H,4,7H2,1H3. The summed E-state index contributed by atoms with van der Waals surface area (Å²) in [5, 5.41) is 8.29. The molecule has 4 nitrogen and oxygen atoms in total. The molecule has 1 heterocycles. The van der Waals surface area contributed by atoms with Gasteiger partial charge in [-0.2, -0.15) is 5.26 Å². The quantitative estimate of drug-likeness (QED) is 0.697. The molecule has 0 aliphatic carbocycles. The van der Waals surface area contributed by atoms with Gasteiger partial charge in [-0.15, -0.1) is 0 Å². The fraction of sp³-hybridized carbons (Fsp3) is 0.333. The molecule has 0 bridgehead atoms. The van der Waals surface area contributed by atoms with Crippen molar-refractivity contribution in [2.45, 2.75) is 13.0 Å². The van der Waals surface area contributed by atoms with Crippen molar-refractivity contribution >= 4 is 5.91 Å². The van der Waals surface area contributed by atoms with Gasteiger partial charge in [-0.3, -0.25) is 4.79 Å². The topological polar surface area (TPSA) is 57.2 Å². The predicted molar refractivity (Wildman–Crippen MR) is 45.4 cm³/mol. The van der Waals surface area contributed by atoms with Gasteiger partial charge in [0.1, 0.15) is 12.2 Å². The summed E-state index contributed by atoms with van der Waals surface area (Å²) in [6.45, 7) is 0.410. The zero-order valence-electron chi connectivity index (χ0n) is 7.36. The Kier molecular flexibility index (Phi) is 3.09. The van der Waals surface area contributed by atoms with Gasteiger partial charge in [-0.25, -0.2) is 0 Å². The Balaban J connectivity index is 2.47. The van der Waals surface area contributed by atoms with Crippen molar-refractivity contribution in [3.8, 4) is 6.07 Å². The third-order valence-corrected chi connectivity index (χ3v) is 1.63. The Morgan fingerprint density at radius 2 is 2.54 bits per heavy atom. The average molecular weight is 178 g/mol. The molecule has 0 N–H and O–H groups in total. The molecule has 1 aromatic rings. The second-order valence-electron chi connectivity index (χ2n) is 2.66. The molecule has 1 amide bonds. The normalized spacial score (nSPS) is 9.23. The number of carbonyl (C=O) groups excluding carboxylic acids is 1. The van der Waals surface area contributed by atoms with Gasteiger partial charge in [0, 0.05) is 7.05 Å². The van der Waals surface area contributed by atoms with Crippen LogP contribution in [0.5, 0.6) is 0 Å². The van der Waals surface area contributed by atoms with E-state index >= 15 is 0 Å². The summed E-state index contributed by atoms with van der Waals surface area (Å²) in [7, 11) is 1.64. The monoisotopic (exact) mass is 178 g/mol. The number of hydrogen-bond acceptors (Lipinski definition) is 3. The minimum absolute atomic E-state index is 0.0861. The zero-order chi connectivity index (χ0) is 9.68. The molecular formula is C9H10N2O2. The maximum absolute atomic E-state index is 11.1. The van der Waals surface area contributed by atoms with Gasteiger partial charge in [-0.1, -0.05) is 0 Å². The average Bonchev–Trinajstić information content (AvgIpc) is 2.57.